The molecule has 6 rings (SSSR count). The highest BCUT2D eigenvalue weighted by Crippen LogP contribution is 2.25. The molecule has 0 aromatic carbocycles. The minimum Gasteiger partial charge on any atom is -0.476 e. The third-order valence-electron chi connectivity index (χ3n) is 6.04. The summed E-state index contributed by atoms with van der Waals surface area (Å²) >= 11 is 5.80. The average Bonchev–Trinajstić information content (AvgIpc) is 3.92. The number of nitrogen functional groups attached to an aromatic ring is 1. The van der Waals surface area contributed by atoms with Crippen LogP contribution in [0, 0.1) is 20.2 Å². The topological polar surface area (TPSA) is 223 Å². The molecule has 0 radical (unpaired) electrons. The number of nitro groups is 2. The number of nitrogens with two attached hydrogens (primary N) is 1. The van der Waals surface area contributed by atoms with Gasteiger partial charge in [-0.25, -0.2) is 29.0 Å². The molecular formula is C30H31ClN12O6. The van der Waals surface area contributed by atoms with Gasteiger partial charge in [0.2, 0.25) is 11.8 Å². The summed E-state index contributed by atoms with van der Waals surface area (Å²) in [5.41, 5.74) is 7.69. The smallest absolute Gasteiger partial charge is 0.290 e. The number of pyridine rings is 3. The maximum atomic E-state index is 10.7. The molecule has 6 aromatic heterocycles. The maximum absolute atomic E-state index is 10.7. The Kier molecular flexibility index (Phi) is 12.6. The van der Waals surface area contributed by atoms with Gasteiger partial charge in [-0.15, -0.1) is 0 Å². The Morgan fingerprint density at radius 2 is 1.12 bits per heavy atom. The van der Waals surface area contributed by atoms with Gasteiger partial charge in [0.05, 0.1) is 34.9 Å². The van der Waals surface area contributed by atoms with Crippen molar-refractivity contribution in [3.8, 4) is 28.8 Å². The minimum atomic E-state index is -0.531. The quantitative estimate of drug-likeness (QED) is 0.102. The Hall–Kier alpha value is -6.43. The Labute approximate surface area is 284 Å². The fraction of sp³-hybridized carbons (Fsp3) is 0.200. The third-order valence-corrected chi connectivity index (χ3v) is 6.33. The molecule has 254 valence electrons. The van der Waals surface area contributed by atoms with Gasteiger partial charge in [0.1, 0.15) is 29.5 Å². The highest BCUT2D eigenvalue weighted by molar-refractivity contribution is 6.31. The summed E-state index contributed by atoms with van der Waals surface area (Å²) in [6, 6.07) is 9.77. The second-order valence-electron chi connectivity index (χ2n) is 9.68. The van der Waals surface area contributed by atoms with Crippen LogP contribution < -0.4 is 15.2 Å². The molecule has 0 fully saturated rings. The molecule has 0 amide bonds. The molecule has 0 unspecified atom stereocenters. The molecule has 0 aliphatic carbocycles. The van der Waals surface area contributed by atoms with Crippen LogP contribution >= 0.6 is 11.6 Å². The number of anilines is 1. The predicted molar refractivity (Wildman–Crippen MR) is 178 cm³/mol. The van der Waals surface area contributed by atoms with E-state index in [1.54, 1.807) is 60.1 Å². The monoisotopic (exact) mass is 690 g/mol. The highest BCUT2D eigenvalue weighted by Gasteiger charge is 2.15. The lowest BCUT2D eigenvalue weighted by atomic mass is 10.3. The first kappa shape index (κ1) is 35.4. The number of hydrogen-bond acceptors (Lipinski definition) is 13. The molecule has 49 heavy (non-hydrogen) atoms. The third kappa shape index (κ3) is 9.78. The molecule has 0 aliphatic heterocycles. The molecule has 0 spiro atoms. The van der Waals surface area contributed by atoms with Gasteiger partial charge < -0.3 is 15.2 Å². The van der Waals surface area contributed by atoms with Gasteiger partial charge in [-0.1, -0.05) is 25.4 Å². The first-order valence-corrected chi connectivity index (χ1v) is 15.0. The number of rotatable bonds is 11. The zero-order chi connectivity index (χ0) is 35.2. The molecule has 19 heteroatoms. The van der Waals surface area contributed by atoms with E-state index in [0.717, 1.165) is 24.7 Å². The summed E-state index contributed by atoms with van der Waals surface area (Å²) in [6.45, 7) is 5.15. The first-order chi connectivity index (χ1) is 23.7. The van der Waals surface area contributed by atoms with Crippen molar-refractivity contribution in [2.75, 3.05) is 18.9 Å². The van der Waals surface area contributed by atoms with E-state index in [-0.39, 0.29) is 16.5 Å². The van der Waals surface area contributed by atoms with Gasteiger partial charge in [0.15, 0.2) is 5.15 Å². The molecule has 18 nitrogen and oxygen atoms in total. The normalized spacial score (nSPS) is 10.3. The summed E-state index contributed by atoms with van der Waals surface area (Å²) in [6.07, 6.45) is 15.6. The largest absolute Gasteiger partial charge is 0.476 e. The van der Waals surface area contributed by atoms with Crippen LogP contribution in [-0.2, 0) is 0 Å². The van der Waals surface area contributed by atoms with E-state index in [1.165, 1.54) is 27.7 Å². The molecule has 0 saturated carbocycles. The standard InChI is InChI=1S/C11H12N4O3.C11H14N4O.C8H5ClN4O2/c1-2-6-18-11-10(14-5-3-4-13-14)7-9(8-12-11)15(16)17;1-2-6-16-11-10(7-9(12)8-13-11)15-5-3-4-14-15;9-8-7(12-3-1-2-11-12)4-6(5-10-8)13(14)15/h3-5,7-8H,2,6H2,1H3;3-5,7-8H,2,6,12H2,1H3;1-5H. The van der Waals surface area contributed by atoms with E-state index in [9.17, 15) is 20.2 Å². The van der Waals surface area contributed by atoms with E-state index in [0.29, 0.717) is 42.0 Å². The Bertz CT molecular complexity index is 1940. The number of ether oxygens (including phenoxy) is 2. The molecule has 6 aromatic rings. The summed E-state index contributed by atoms with van der Waals surface area (Å²) in [4.78, 5) is 32.1. The molecule has 0 aliphatic rings. The van der Waals surface area contributed by atoms with Crippen molar-refractivity contribution < 1.29 is 19.3 Å². The summed E-state index contributed by atoms with van der Waals surface area (Å²) < 4.78 is 15.6. The fourth-order valence-corrected chi connectivity index (χ4v) is 4.04. The van der Waals surface area contributed by atoms with Gasteiger partial charge in [-0.05, 0) is 37.1 Å². The van der Waals surface area contributed by atoms with Crippen LogP contribution in [0.1, 0.15) is 26.7 Å². The lowest BCUT2D eigenvalue weighted by Gasteiger charge is -2.10. The molecule has 0 saturated heterocycles. The van der Waals surface area contributed by atoms with Crippen LogP contribution in [0.2, 0.25) is 5.15 Å². The molecule has 6 heterocycles. The highest BCUT2D eigenvalue weighted by atomic mass is 35.5. The zero-order valence-electron chi connectivity index (χ0n) is 26.3. The molecular weight excluding hydrogens is 660 g/mol. The van der Waals surface area contributed by atoms with Gasteiger partial charge in [-0.3, -0.25) is 20.2 Å². The Morgan fingerprint density at radius 3 is 1.57 bits per heavy atom. The summed E-state index contributed by atoms with van der Waals surface area (Å²) in [7, 11) is 0. The SMILES string of the molecule is CCCOc1ncc(N)cc1-n1cccn1.CCCOc1ncc([N+](=O)[O-])cc1-n1cccn1.O=[N+]([O-])c1cnc(Cl)c(-n2cccn2)c1. The van der Waals surface area contributed by atoms with Gasteiger partial charge >= 0.3 is 0 Å². The van der Waals surface area contributed by atoms with Crippen molar-refractivity contribution >= 4 is 28.7 Å². The van der Waals surface area contributed by atoms with Crippen LogP contribution in [0.25, 0.3) is 17.1 Å². The van der Waals surface area contributed by atoms with Crippen molar-refractivity contribution in [2.45, 2.75) is 26.7 Å². The van der Waals surface area contributed by atoms with E-state index in [1.807, 2.05) is 26.1 Å². The molecule has 0 atom stereocenters. The van der Waals surface area contributed by atoms with Crippen molar-refractivity contribution in [3.63, 3.8) is 0 Å². The van der Waals surface area contributed by atoms with Crippen LogP contribution in [0.5, 0.6) is 11.8 Å². The zero-order valence-corrected chi connectivity index (χ0v) is 27.1. The van der Waals surface area contributed by atoms with Crippen LogP contribution in [0.15, 0.2) is 92.2 Å². The van der Waals surface area contributed by atoms with Crippen LogP contribution in [0.4, 0.5) is 17.1 Å². The van der Waals surface area contributed by atoms with E-state index in [2.05, 4.69) is 30.2 Å². The lowest BCUT2D eigenvalue weighted by Crippen LogP contribution is -2.05. The fourth-order valence-electron chi connectivity index (χ4n) is 3.85. The maximum Gasteiger partial charge on any atom is 0.290 e. The minimum absolute atomic E-state index is 0.0932. The van der Waals surface area contributed by atoms with Crippen molar-refractivity contribution in [1.82, 2.24) is 44.3 Å². The van der Waals surface area contributed by atoms with Gasteiger partial charge in [0, 0.05) is 49.3 Å². The van der Waals surface area contributed by atoms with Gasteiger partial charge in [0.25, 0.3) is 11.4 Å². The van der Waals surface area contributed by atoms with Crippen molar-refractivity contribution in [3.05, 3.63) is 118 Å². The van der Waals surface area contributed by atoms with Crippen LogP contribution in [0.3, 0.4) is 0 Å². The molecule has 0 bridgehead atoms. The summed E-state index contributed by atoms with van der Waals surface area (Å²) in [5.74, 6) is 0.894. The molecule has 2 N–H and O–H groups in total. The number of halogens is 1. The second-order valence-corrected chi connectivity index (χ2v) is 10.0. The van der Waals surface area contributed by atoms with Crippen LogP contribution in [-0.4, -0.2) is 67.4 Å². The number of aromatic nitrogens is 9. The van der Waals surface area contributed by atoms with E-state index in [4.69, 9.17) is 26.8 Å². The average molecular weight is 691 g/mol. The Morgan fingerprint density at radius 1 is 0.694 bits per heavy atom. The lowest BCUT2D eigenvalue weighted by molar-refractivity contribution is -0.385. The summed E-state index contributed by atoms with van der Waals surface area (Å²) in [5, 5.41) is 33.5. The second kappa shape index (κ2) is 17.5. The van der Waals surface area contributed by atoms with E-state index >= 15 is 0 Å². The van der Waals surface area contributed by atoms with Crippen molar-refractivity contribution in [2.24, 2.45) is 0 Å². The van der Waals surface area contributed by atoms with Crippen molar-refractivity contribution in [1.29, 1.82) is 0 Å². The number of nitrogens with zero attached hydrogens (tertiary/aromatic N) is 11. The Balaban J connectivity index is 0.000000166. The van der Waals surface area contributed by atoms with Gasteiger partial charge in [-0.2, -0.15) is 15.3 Å². The number of hydrogen-bond donors (Lipinski definition) is 1. The van der Waals surface area contributed by atoms with E-state index < -0.39 is 9.85 Å². The first-order valence-electron chi connectivity index (χ1n) is 14.7. The predicted octanol–water partition coefficient (Wildman–Crippen LogP) is 5.43.